The lowest BCUT2D eigenvalue weighted by atomic mass is 9.62. The number of hydrogen-bond donors (Lipinski definition) is 0. The molecule has 4 atom stereocenters. The van der Waals surface area contributed by atoms with E-state index in [1.807, 2.05) is 0 Å². The Morgan fingerprint density at radius 2 is 1.95 bits per heavy atom. The largest absolute Gasteiger partial charge is 0.363 e. The van der Waals surface area contributed by atoms with Gasteiger partial charge in [0, 0.05) is 5.92 Å². The van der Waals surface area contributed by atoms with E-state index < -0.39 is 0 Å². The number of ether oxygens (including phenoxy) is 1. The van der Waals surface area contributed by atoms with Gasteiger partial charge in [-0.05, 0) is 54.1 Å². The Morgan fingerprint density at radius 3 is 2.50 bits per heavy atom. The molecule has 0 radical (unpaired) electrons. The van der Waals surface area contributed by atoms with E-state index in [-0.39, 0.29) is 11.2 Å². The molecular weight excluding hydrogens is 244 g/mol. The van der Waals surface area contributed by atoms with E-state index in [4.69, 9.17) is 4.74 Å². The van der Waals surface area contributed by atoms with Crippen LogP contribution in [0.2, 0.25) is 0 Å². The highest BCUT2D eigenvalue weighted by atomic mass is 16.5. The molecule has 106 valence electrons. The van der Waals surface area contributed by atoms with Gasteiger partial charge in [-0.2, -0.15) is 0 Å². The molecule has 1 heterocycles. The second-order valence-electron chi connectivity index (χ2n) is 8.45. The van der Waals surface area contributed by atoms with Gasteiger partial charge >= 0.3 is 0 Å². The van der Waals surface area contributed by atoms with Crippen molar-refractivity contribution in [1.29, 1.82) is 0 Å². The molecule has 1 nitrogen and oxygen atoms in total. The molecule has 3 saturated carbocycles. The van der Waals surface area contributed by atoms with Crippen molar-refractivity contribution in [3.05, 3.63) is 35.4 Å². The second-order valence-corrected chi connectivity index (χ2v) is 8.45. The van der Waals surface area contributed by atoms with E-state index in [0.717, 1.165) is 5.92 Å². The first-order valence-electron chi connectivity index (χ1n) is 8.30. The normalized spacial score (nSPS) is 46.0. The predicted molar refractivity (Wildman–Crippen MR) is 79.6 cm³/mol. The van der Waals surface area contributed by atoms with Gasteiger partial charge in [-0.15, -0.1) is 0 Å². The van der Waals surface area contributed by atoms with Crippen LogP contribution in [0.15, 0.2) is 24.3 Å². The maximum atomic E-state index is 6.93. The van der Waals surface area contributed by atoms with Crippen molar-refractivity contribution in [2.75, 3.05) is 0 Å². The standard InChI is InChI=1S/C19H24O/c1-12(2)16-13-6-4-5-7-14(13)19(20-18(16)8-9-18)11-17(3)10-15(17)19/h4-7,12,15-16H,8-11H2,1-3H3. The van der Waals surface area contributed by atoms with Gasteiger partial charge < -0.3 is 4.74 Å². The highest BCUT2D eigenvalue weighted by Gasteiger charge is 2.77. The first-order chi connectivity index (χ1) is 9.51. The molecule has 0 bridgehead atoms. The third-order valence-electron chi connectivity index (χ3n) is 6.69. The lowest BCUT2D eigenvalue weighted by Gasteiger charge is -2.55. The number of benzene rings is 1. The molecule has 1 aromatic carbocycles. The van der Waals surface area contributed by atoms with Crippen molar-refractivity contribution in [3.8, 4) is 0 Å². The first-order valence-corrected chi connectivity index (χ1v) is 8.30. The summed E-state index contributed by atoms with van der Waals surface area (Å²) in [4.78, 5) is 0. The smallest absolute Gasteiger partial charge is 0.0980 e. The number of hydrogen-bond acceptors (Lipinski definition) is 1. The van der Waals surface area contributed by atoms with Gasteiger partial charge in [0.15, 0.2) is 0 Å². The Morgan fingerprint density at radius 1 is 1.20 bits per heavy atom. The van der Waals surface area contributed by atoms with Gasteiger partial charge in [-0.1, -0.05) is 45.0 Å². The van der Waals surface area contributed by atoms with Gasteiger partial charge in [-0.3, -0.25) is 0 Å². The Kier molecular flexibility index (Phi) is 1.87. The van der Waals surface area contributed by atoms with Crippen LogP contribution in [0.25, 0.3) is 0 Å². The van der Waals surface area contributed by atoms with Crippen LogP contribution in [0.3, 0.4) is 0 Å². The zero-order chi connectivity index (χ0) is 13.8. The molecular formula is C19H24O. The van der Waals surface area contributed by atoms with Crippen LogP contribution >= 0.6 is 0 Å². The fourth-order valence-electron chi connectivity index (χ4n) is 5.73. The van der Waals surface area contributed by atoms with E-state index in [0.29, 0.717) is 17.3 Å². The summed E-state index contributed by atoms with van der Waals surface area (Å²) in [6.45, 7) is 7.18. The van der Waals surface area contributed by atoms with Gasteiger partial charge in [0.1, 0.15) is 0 Å². The highest BCUT2D eigenvalue weighted by Crippen LogP contribution is 2.80. The molecule has 1 aromatic rings. The summed E-state index contributed by atoms with van der Waals surface area (Å²) in [6, 6.07) is 9.19. The van der Waals surface area contributed by atoms with Crippen molar-refractivity contribution in [1.82, 2.24) is 0 Å². The molecule has 1 heteroatoms. The minimum atomic E-state index is 0.0905. The number of fused-ring (bicyclic) bond motifs is 4. The Bertz CT molecular complexity index is 600. The zero-order valence-electron chi connectivity index (χ0n) is 12.8. The van der Waals surface area contributed by atoms with Crippen LogP contribution in [0.5, 0.6) is 0 Å². The summed E-state index contributed by atoms with van der Waals surface area (Å²) in [5.41, 5.74) is 4.03. The summed E-state index contributed by atoms with van der Waals surface area (Å²) in [5, 5.41) is 0. The Hall–Kier alpha value is -0.820. The summed E-state index contributed by atoms with van der Waals surface area (Å²) in [5.74, 6) is 2.07. The summed E-state index contributed by atoms with van der Waals surface area (Å²) >= 11 is 0. The third kappa shape index (κ3) is 1.16. The fourth-order valence-corrected chi connectivity index (χ4v) is 5.73. The van der Waals surface area contributed by atoms with Gasteiger partial charge in [0.05, 0.1) is 11.2 Å². The lowest BCUT2D eigenvalue weighted by molar-refractivity contribution is -0.205. The average molecular weight is 268 g/mol. The Labute approximate surface area is 121 Å². The van der Waals surface area contributed by atoms with Crippen molar-refractivity contribution < 1.29 is 4.74 Å². The van der Waals surface area contributed by atoms with Crippen LogP contribution in [0.4, 0.5) is 0 Å². The second kappa shape index (κ2) is 3.16. The predicted octanol–water partition coefficient (Wildman–Crippen LogP) is 4.61. The van der Waals surface area contributed by atoms with Crippen LogP contribution in [-0.2, 0) is 10.3 Å². The first kappa shape index (κ1) is 11.8. The SMILES string of the molecule is CC(C)C1c2ccccc2C2(CC3(C)CC32)OC12CC2. The molecule has 0 amide bonds. The van der Waals surface area contributed by atoms with E-state index >= 15 is 0 Å². The topological polar surface area (TPSA) is 9.23 Å². The number of rotatable bonds is 1. The quantitative estimate of drug-likeness (QED) is 0.722. The van der Waals surface area contributed by atoms with Crippen molar-refractivity contribution in [2.24, 2.45) is 17.3 Å². The van der Waals surface area contributed by atoms with E-state index in [1.165, 1.54) is 31.2 Å². The summed E-state index contributed by atoms with van der Waals surface area (Å²) in [7, 11) is 0. The molecule has 20 heavy (non-hydrogen) atoms. The van der Waals surface area contributed by atoms with Crippen molar-refractivity contribution in [2.45, 2.75) is 63.6 Å². The zero-order valence-corrected chi connectivity index (χ0v) is 12.8. The molecule has 4 aliphatic rings. The lowest BCUT2D eigenvalue weighted by Crippen LogP contribution is -2.53. The average Bonchev–Trinajstić information content (AvgIpc) is 3.27. The minimum absolute atomic E-state index is 0.0905. The molecule has 0 saturated heterocycles. The van der Waals surface area contributed by atoms with E-state index in [9.17, 15) is 0 Å². The molecule has 3 fully saturated rings. The molecule has 3 aliphatic carbocycles. The van der Waals surface area contributed by atoms with Crippen LogP contribution in [0, 0.1) is 17.3 Å². The molecule has 5 rings (SSSR count). The molecule has 0 aromatic heterocycles. The Balaban J connectivity index is 1.69. The molecule has 1 aliphatic heterocycles. The third-order valence-corrected chi connectivity index (χ3v) is 6.69. The van der Waals surface area contributed by atoms with Crippen LogP contribution < -0.4 is 0 Å². The summed E-state index contributed by atoms with van der Waals surface area (Å²) < 4.78 is 6.93. The van der Waals surface area contributed by atoms with E-state index in [1.54, 1.807) is 5.56 Å². The molecule has 2 spiro atoms. The monoisotopic (exact) mass is 268 g/mol. The van der Waals surface area contributed by atoms with Crippen LogP contribution in [0.1, 0.15) is 63.5 Å². The fraction of sp³-hybridized carbons (Fsp3) is 0.684. The van der Waals surface area contributed by atoms with E-state index in [2.05, 4.69) is 45.0 Å². The van der Waals surface area contributed by atoms with Gasteiger partial charge in [-0.25, -0.2) is 0 Å². The van der Waals surface area contributed by atoms with Crippen molar-refractivity contribution >= 4 is 0 Å². The minimum Gasteiger partial charge on any atom is -0.363 e. The molecule has 4 unspecified atom stereocenters. The molecule has 0 N–H and O–H groups in total. The summed E-state index contributed by atoms with van der Waals surface area (Å²) in [6.07, 6.45) is 5.18. The highest BCUT2D eigenvalue weighted by molar-refractivity contribution is 5.47. The van der Waals surface area contributed by atoms with Gasteiger partial charge in [0.25, 0.3) is 0 Å². The maximum Gasteiger partial charge on any atom is 0.0980 e. The van der Waals surface area contributed by atoms with Crippen LogP contribution in [-0.4, -0.2) is 5.60 Å². The van der Waals surface area contributed by atoms with Crippen molar-refractivity contribution in [3.63, 3.8) is 0 Å². The maximum absolute atomic E-state index is 6.93. The van der Waals surface area contributed by atoms with Gasteiger partial charge in [0.2, 0.25) is 0 Å².